The predicted molar refractivity (Wildman–Crippen MR) is 85.0 cm³/mol. The fraction of sp³-hybridized carbons (Fsp3) is 0.529. The van der Waals surface area contributed by atoms with E-state index in [9.17, 15) is 0 Å². The van der Waals surface area contributed by atoms with E-state index in [-0.39, 0.29) is 5.41 Å². The first kappa shape index (κ1) is 13.6. The van der Waals surface area contributed by atoms with Crippen molar-refractivity contribution in [2.75, 3.05) is 18.0 Å². The van der Waals surface area contributed by atoms with E-state index >= 15 is 0 Å². The number of hydrogen-bond donors (Lipinski definition) is 0. The molecule has 2 aromatic heterocycles. The van der Waals surface area contributed by atoms with Crippen LogP contribution in [0.1, 0.15) is 42.2 Å². The topological polar surface area (TPSA) is 54.8 Å². The van der Waals surface area contributed by atoms with Gasteiger partial charge in [0.2, 0.25) is 0 Å². The highest BCUT2D eigenvalue weighted by Gasteiger charge is 2.43. The number of hydrogen-bond acceptors (Lipinski definition) is 5. The molecule has 2 aromatic rings. The number of aromatic nitrogens is 4. The summed E-state index contributed by atoms with van der Waals surface area (Å²) in [5.41, 5.74) is 2.81. The lowest BCUT2D eigenvalue weighted by Gasteiger charge is -2.41. The molecule has 1 spiro atoms. The molecule has 0 aromatic carbocycles. The van der Waals surface area contributed by atoms with Crippen LogP contribution in [0.5, 0.6) is 0 Å². The van der Waals surface area contributed by atoms with Gasteiger partial charge in [-0.2, -0.15) is 0 Å². The fourth-order valence-electron chi connectivity index (χ4n) is 3.97. The van der Waals surface area contributed by atoms with E-state index in [1.807, 2.05) is 32.3 Å². The lowest BCUT2D eigenvalue weighted by Crippen LogP contribution is -2.46. The van der Waals surface area contributed by atoms with Crippen LogP contribution < -0.4 is 4.90 Å². The van der Waals surface area contributed by atoms with Gasteiger partial charge in [0.05, 0.1) is 5.69 Å². The molecule has 0 bridgehead atoms. The average molecular weight is 295 g/mol. The van der Waals surface area contributed by atoms with Crippen LogP contribution in [0.4, 0.5) is 5.82 Å². The van der Waals surface area contributed by atoms with E-state index in [4.69, 9.17) is 4.98 Å². The lowest BCUT2D eigenvalue weighted by molar-refractivity contribution is 0.332. The smallest absolute Gasteiger partial charge is 0.132 e. The van der Waals surface area contributed by atoms with Gasteiger partial charge >= 0.3 is 0 Å². The summed E-state index contributed by atoms with van der Waals surface area (Å²) in [4.78, 5) is 20.4. The first-order valence-electron chi connectivity index (χ1n) is 8.04. The van der Waals surface area contributed by atoms with Gasteiger partial charge in [-0.15, -0.1) is 0 Å². The quantitative estimate of drug-likeness (QED) is 0.808. The van der Waals surface area contributed by atoms with Crippen molar-refractivity contribution in [3.05, 3.63) is 41.4 Å². The zero-order chi connectivity index (χ0) is 15.2. The molecule has 114 valence electrons. The van der Waals surface area contributed by atoms with Gasteiger partial charge in [-0.1, -0.05) is 0 Å². The molecule has 5 nitrogen and oxygen atoms in total. The third-order valence-electron chi connectivity index (χ3n) is 5.02. The highest BCUT2D eigenvalue weighted by atomic mass is 15.2. The van der Waals surface area contributed by atoms with Gasteiger partial charge in [-0.3, -0.25) is 0 Å². The van der Waals surface area contributed by atoms with Crippen LogP contribution in [-0.2, 0) is 11.8 Å². The van der Waals surface area contributed by atoms with Crippen molar-refractivity contribution < 1.29 is 0 Å². The highest BCUT2D eigenvalue weighted by molar-refractivity contribution is 5.43. The van der Waals surface area contributed by atoms with Crippen LogP contribution in [0.3, 0.4) is 0 Å². The molecule has 4 rings (SSSR count). The van der Waals surface area contributed by atoms with Crippen LogP contribution in [0.25, 0.3) is 0 Å². The van der Waals surface area contributed by atoms with Crippen LogP contribution in [0.2, 0.25) is 0 Å². The number of piperidine rings is 1. The van der Waals surface area contributed by atoms with Gasteiger partial charge in [0.1, 0.15) is 17.5 Å². The van der Waals surface area contributed by atoms with Gasteiger partial charge in [0, 0.05) is 30.9 Å². The van der Waals surface area contributed by atoms with Crippen molar-refractivity contribution >= 4 is 5.82 Å². The number of rotatable bonds is 1. The van der Waals surface area contributed by atoms with Crippen molar-refractivity contribution in [3.8, 4) is 0 Å². The molecule has 1 aliphatic carbocycles. The Balaban J connectivity index is 1.69. The molecular weight excluding hydrogens is 274 g/mol. The molecule has 5 heteroatoms. The van der Waals surface area contributed by atoms with Crippen LogP contribution in [0.15, 0.2) is 18.5 Å². The maximum Gasteiger partial charge on any atom is 0.132 e. The summed E-state index contributed by atoms with van der Waals surface area (Å²) >= 11 is 0. The molecule has 0 N–H and O–H groups in total. The van der Waals surface area contributed by atoms with E-state index in [1.165, 1.54) is 30.5 Å². The molecule has 0 amide bonds. The monoisotopic (exact) mass is 295 g/mol. The van der Waals surface area contributed by atoms with Crippen LogP contribution >= 0.6 is 0 Å². The van der Waals surface area contributed by atoms with Gasteiger partial charge < -0.3 is 4.90 Å². The van der Waals surface area contributed by atoms with E-state index in [0.29, 0.717) is 0 Å². The SMILES string of the molecule is Cc1nccc(N2CCCC3(CCc4cnc(C)nc43)C2)n1. The van der Waals surface area contributed by atoms with E-state index in [2.05, 4.69) is 19.9 Å². The molecule has 0 saturated carbocycles. The molecule has 1 saturated heterocycles. The van der Waals surface area contributed by atoms with Crippen molar-refractivity contribution in [1.29, 1.82) is 0 Å². The minimum Gasteiger partial charge on any atom is -0.356 e. The number of aryl methyl sites for hydroxylation is 3. The van der Waals surface area contributed by atoms with Gasteiger partial charge in [0.15, 0.2) is 0 Å². The standard InChI is InChI=1S/C17H21N5/c1-12-18-8-5-15(20-12)22-9-3-6-17(11-22)7-4-14-10-19-13(2)21-16(14)17/h5,8,10H,3-4,6-7,9,11H2,1-2H3. The Morgan fingerprint density at radius 1 is 1.09 bits per heavy atom. The minimum atomic E-state index is 0.181. The van der Waals surface area contributed by atoms with Gasteiger partial charge in [-0.05, 0) is 51.2 Å². The number of nitrogens with zero attached hydrogens (tertiary/aromatic N) is 5. The molecular formula is C17H21N5. The average Bonchev–Trinajstić information content (AvgIpc) is 2.85. The van der Waals surface area contributed by atoms with Crippen molar-refractivity contribution in [3.63, 3.8) is 0 Å². The molecule has 3 heterocycles. The zero-order valence-corrected chi connectivity index (χ0v) is 13.2. The third-order valence-corrected chi connectivity index (χ3v) is 5.02. The molecule has 22 heavy (non-hydrogen) atoms. The lowest BCUT2D eigenvalue weighted by atomic mass is 9.77. The molecule has 0 radical (unpaired) electrons. The second-order valence-electron chi connectivity index (χ2n) is 6.56. The Morgan fingerprint density at radius 3 is 2.82 bits per heavy atom. The summed E-state index contributed by atoms with van der Waals surface area (Å²) in [6.45, 7) is 6.01. The second kappa shape index (κ2) is 5.00. The first-order chi connectivity index (χ1) is 10.7. The summed E-state index contributed by atoms with van der Waals surface area (Å²) in [5, 5.41) is 0. The van der Waals surface area contributed by atoms with E-state index < -0.39 is 0 Å². The van der Waals surface area contributed by atoms with Crippen LogP contribution in [-0.4, -0.2) is 33.0 Å². The maximum absolute atomic E-state index is 4.81. The zero-order valence-electron chi connectivity index (χ0n) is 13.2. The van der Waals surface area contributed by atoms with Gasteiger partial charge in [-0.25, -0.2) is 19.9 Å². The molecule has 1 unspecified atom stereocenters. The minimum absolute atomic E-state index is 0.181. The number of anilines is 1. The second-order valence-corrected chi connectivity index (χ2v) is 6.56. The fourth-order valence-corrected chi connectivity index (χ4v) is 3.97. The summed E-state index contributed by atoms with van der Waals surface area (Å²) in [7, 11) is 0. The molecule has 1 atom stereocenters. The Bertz CT molecular complexity index is 710. The van der Waals surface area contributed by atoms with Gasteiger partial charge in [0.25, 0.3) is 0 Å². The summed E-state index contributed by atoms with van der Waals surface area (Å²) in [5.74, 6) is 2.77. The van der Waals surface area contributed by atoms with E-state index in [1.54, 1.807) is 0 Å². The van der Waals surface area contributed by atoms with Crippen molar-refractivity contribution in [2.24, 2.45) is 0 Å². The Labute approximate surface area is 130 Å². The Kier molecular flexibility index (Phi) is 3.10. The Morgan fingerprint density at radius 2 is 1.95 bits per heavy atom. The predicted octanol–water partition coefficient (Wildman–Crippen LogP) is 2.37. The third kappa shape index (κ3) is 2.16. The van der Waals surface area contributed by atoms with E-state index in [0.717, 1.165) is 37.0 Å². The summed E-state index contributed by atoms with van der Waals surface area (Å²) < 4.78 is 0. The Hall–Kier alpha value is -2.04. The molecule has 1 fully saturated rings. The molecule has 2 aliphatic rings. The highest BCUT2D eigenvalue weighted by Crippen LogP contribution is 2.44. The molecule has 1 aliphatic heterocycles. The first-order valence-corrected chi connectivity index (χ1v) is 8.04. The van der Waals surface area contributed by atoms with Crippen LogP contribution in [0, 0.1) is 13.8 Å². The largest absolute Gasteiger partial charge is 0.356 e. The number of fused-ring (bicyclic) bond motifs is 2. The normalized spacial score (nSPS) is 23.8. The summed E-state index contributed by atoms with van der Waals surface area (Å²) in [6, 6.07) is 2.02. The summed E-state index contributed by atoms with van der Waals surface area (Å²) in [6.07, 6.45) is 8.57. The van der Waals surface area contributed by atoms with Crippen molar-refractivity contribution in [1.82, 2.24) is 19.9 Å². The maximum atomic E-state index is 4.81. The van der Waals surface area contributed by atoms with Crippen molar-refractivity contribution in [2.45, 2.75) is 44.9 Å².